The van der Waals surface area contributed by atoms with Crippen LogP contribution in [0.3, 0.4) is 0 Å². The van der Waals surface area contributed by atoms with E-state index in [2.05, 4.69) is 22.5 Å². The highest BCUT2D eigenvalue weighted by atomic mass is 16.1. The number of nitrogens with one attached hydrogen (secondary N) is 2. The van der Waals surface area contributed by atoms with Crippen LogP contribution >= 0.6 is 0 Å². The van der Waals surface area contributed by atoms with Gasteiger partial charge in [-0.3, -0.25) is 4.79 Å². The summed E-state index contributed by atoms with van der Waals surface area (Å²) in [6.45, 7) is 6.58. The van der Waals surface area contributed by atoms with E-state index in [9.17, 15) is 4.79 Å². The molecule has 1 unspecified atom stereocenters. The van der Waals surface area contributed by atoms with Crippen molar-refractivity contribution < 1.29 is 4.79 Å². The molecular formula is C13H27N3O. The molecule has 0 saturated carbocycles. The van der Waals surface area contributed by atoms with Gasteiger partial charge < -0.3 is 15.5 Å². The molecule has 1 amide bonds. The van der Waals surface area contributed by atoms with Crippen LogP contribution in [0.2, 0.25) is 0 Å². The number of amides is 1. The first kappa shape index (κ1) is 14.5. The second-order valence-electron chi connectivity index (χ2n) is 4.91. The molecule has 0 aromatic rings. The highest BCUT2D eigenvalue weighted by Crippen LogP contribution is 2.15. The van der Waals surface area contributed by atoms with Crippen LogP contribution in [0.4, 0.5) is 0 Å². The van der Waals surface area contributed by atoms with Gasteiger partial charge in [0.1, 0.15) is 0 Å². The number of hydrogen-bond donors (Lipinski definition) is 2. The lowest BCUT2D eigenvalue weighted by molar-refractivity contribution is -0.120. The van der Waals surface area contributed by atoms with E-state index >= 15 is 0 Å². The van der Waals surface area contributed by atoms with E-state index in [0.29, 0.717) is 6.42 Å². The second kappa shape index (κ2) is 8.48. The van der Waals surface area contributed by atoms with Crippen LogP contribution in [0.1, 0.15) is 39.0 Å². The van der Waals surface area contributed by atoms with Crippen molar-refractivity contribution in [3.05, 3.63) is 0 Å². The SMILES string of the molecule is CNC(=O)CCNCCCN1CCCCC1C. The lowest BCUT2D eigenvalue weighted by Gasteiger charge is -2.33. The zero-order chi connectivity index (χ0) is 12.5. The third-order valence-corrected chi connectivity index (χ3v) is 3.55. The van der Waals surface area contributed by atoms with Crippen molar-refractivity contribution in [1.29, 1.82) is 0 Å². The Labute approximate surface area is 105 Å². The maximum atomic E-state index is 11.0. The summed E-state index contributed by atoms with van der Waals surface area (Å²) in [6.07, 6.45) is 5.86. The molecule has 0 radical (unpaired) electrons. The largest absolute Gasteiger partial charge is 0.359 e. The zero-order valence-corrected chi connectivity index (χ0v) is 11.3. The molecule has 1 fully saturated rings. The first-order chi connectivity index (χ1) is 8.24. The Balaban J connectivity index is 1.94. The third-order valence-electron chi connectivity index (χ3n) is 3.55. The van der Waals surface area contributed by atoms with Crippen LogP contribution in [0.15, 0.2) is 0 Å². The van der Waals surface area contributed by atoms with Crippen LogP contribution in [0.5, 0.6) is 0 Å². The maximum Gasteiger partial charge on any atom is 0.221 e. The van der Waals surface area contributed by atoms with Gasteiger partial charge in [-0.1, -0.05) is 6.42 Å². The number of carbonyl (C=O) groups excluding carboxylic acids is 1. The number of rotatable bonds is 7. The van der Waals surface area contributed by atoms with Crippen LogP contribution in [0.25, 0.3) is 0 Å². The predicted octanol–water partition coefficient (Wildman–Crippen LogP) is 0.977. The minimum Gasteiger partial charge on any atom is -0.359 e. The van der Waals surface area contributed by atoms with Gasteiger partial charge in [-0.05, 0) is 45.8 Å². The Morgan fingerprint density at radius 3 is 2.88 bits per heavy atom. The quantitative estimate of drug-likeness (QED) is 0.653. The van der Waals surface area contributed by atoms with Gasteiger partial charge >= 0.3 is 0 Å². The van der Waals surface area contributed by atoms with Crippen molar-refractivity contribution in [3.8, 4) is 0 Å². The van der Waals surface area contributed by atoms with Gasteiger partial charge in [0.05, 0.1) is 0 Å². The molecule has 100 valence electrons. The Bertz CT molecular complexity index is 221. The second-order valence-corrected chi connectivity index (χ2v) is 4.91. The van der Waals surface area contributed by atoms with Crippen molar-refractivity contribution in [2.75, 3.05) is 33.2 Å². The smallest absolute Gasteiger partial charge is 0.221 e. The van der Waals surface area contributed by atoms with E-state index in [1.165, 1.54) is 38.8 Å². The van der Waals surface area contributed by atoms with E-state index in [0.717, 1.165) is 19.1 Å². The molecule has 1 aliphatic heterocycles. The Hall–Kier alpha value is -0.610. The van der Waals surface area contributed by atoms with Gasteiger partial charge in [0, 0.05) is 26.1 Å². The van der Waals surface area contributed by atoms with E-state index in [-0.39, 0.29) is 5.91 Å². The van der Waals surface area contributed by atoms with E-state index in [1.54, 1.807) is 7.05 Å². The normalized spacial score (nSPS) is 21.4. The summed E-state index contributed by atoms with van der Waals surface area (Å²) in [4.78, 5) is 13.6. The van der Waals surface area contributed by atoms with E-state index < -0.39 is 0 Å². The highest BCUT2D eigenvalue weighted by molar-refractivity contribution is 5.75. The van der Waals surface area contributed by atoms with Gasteiger partial charge in [-0.25, -0.2) is 0 Å². The van der Waals surface area contributed by atoms with Crippen molar-refractivity contribution in [3.63, 3.8) is 0 Å². The topological polar surface area (TPSA) is 44.4 Å². The first-order valence-corrected chi connectivity index (χ1v) is 6.89. The molecule has 0 bridgehead atoms. The number of carbonyl (C=O) groups is 1. The Morgan fingerprint density at radius 2 is 2.18 bits per heavy atom. The van der Waals surface area contributed by atoms with Crippen molar-refractivity contribution in [2.45, 2.75) is 45.1 Å². The first-order valence-electron chi connectivity index (χ1n) is 6.89. The molecule has 0 aromatic heterocycles. The highest BCUT2D eigenvalue weighted by Gasteiger charge is 2.16. The number of hydrogen-bond acceptors (Lipinski definition) is 3. The van der Waals surface area contributed by atoms with Gasteiger partial charge in [0.25, 0.3) is 0 Å². The molecule has 0 aromatic carbocycles. The molecule has 17 heavy (non-hydrogen) atoms. The summed E-state index contributed by atoms with van der Waals surface area (Å²) in [5, 5.41) is 5.94. The third kappa shape index (κ3) is 6.03. The summed E-state index contributed by atoms with van der Waals surface area (Å²) in [5.74, 6) is 0.113. The van der Waals surface area contributed by atoms with Crippen molar-refractivity contribution in [1.82, 2.24) is 15.5 Å². The van der Waals surface area contributed by atoms with E-state index in [1.807, 2.05) is 0 Å². The summed E-state index contributed by atoms with van der Waals surface area (Å²) in [6, 6.07) is 0.759. The minimum atomic E-state index is 0.113. The monoisotopic (exact) mass is 241 g/mol. The van der Waals surface area contributed by atoms with Crippen LogP contribution < -0.4 is 10.6 Å². The molecule has 0 spiro atoms. The van der Waals surface area contributed by atoms with Crippen LogP contribution in [-0.2, 0) is 4.79 Å². The molecule has 1 atom stereocenters. The molecule has 0 aliphatic carbocycles. The molecule has 1 rings (SSSR count). The van der Waals surface area contributed by atoms with Gasteiger partial charge in [-0.15, -0.1) is 0 Å². The lowest BCUT2D eigenvalue weighted by Crippen LogP contribution is -2.39. The summed E-state index contributed by atoms with van der Waals surface area (Å²) < 4.78 is 0. The fraction of sp³-hybridized carbons (Fsp3) is 0.923. The molecule has 1 aliphatic rings. The number of likely N-dealkylation sites (tertiary alicyclic amines) is 1. The van der Waals surface area contributed by atoms with Gasteiger partial charge in [0.15, 0.2) is 0 Å². The lowest BCUT2D eigenvalue weighted by atomic mass is 10.0. The number of nitrogens with zero attached hydrogens (tertiary/aromatic N) is 1. The zero-order valence-electron chi connectivity index (χ0n) is 11.3. The predicted molar refractivity (Wildman–Crippen MR) is 71.1 cm³/mol. The molecule has 1 saturated heterocycles. The minimum absolute atomic E-state index is 0.113. The molecule has 2 N–H and O–H groups in total. The van der Waals surface area contributed by atoms with Crippen molar-refractivity contribution in [2.24, 2.45) is 0 Å². The molecule has 4 heteroatoms. The average Bonchev–Trinajstić information content (AvgIpc) is 2.35. The van der Waals surface area contributed by atoms with Crippen LogP contribution in [0, 0.1) is 0 Å². The fourth-order valence-corrected chi connectivity index (χ4v) is 2.35. The molecule has 4 nitrogen and oxygen atoms in total. The number of piperidine rings is 1. The summed E-state index contributed by atoms with van der Waals surface area (Å²) >= 11 is 0. The molecule has 1 heterocycles. The Kier molecular flexibility index (Phi) is 7.21. The van der Waals surface area contributed by atoms with Crippen LogP contribution in [-0.4, -0.2) is 50.1 Å². The Morgan fingerprint density at radius 1 is 1.35 bits per heavy atom. The van der Waals surface area contributed by atoms with Gasteiger partial charge in [0.2, 0.25) is 5.91 Å². The van der Waals surface area contributed by atoms with E-state index in [4.69, 9.17) is 0 Å². The van der Waals surface area contributed by atoms with Gasteiger partial charge in [-0.2, -0.15) is 0 Å². The summed E-state index contributed by atoms with van der Waals surface area (Å²) in [7, 11) is 1.68. The standard InChI is InChI=1S/C13H27N3O/c1-12-6-3-4-10-16(12)11-5-8-15-9-7-13(17)14-2/h12,15H,3-11H2,1-2H3,(H,14,17). The van der Waals surface area contributed by atoms with Crippen molar-refractivity contribution >= 4 is 5.91 Å². The summed E-state index contributed by atoms with van der Waals surface area (Å²) in [5.41, 5.74) is 0. The molecular weight excluding hydrogens is 214 g/mol. The maximum absolute atomic E-state index is 11.0. The average molecular weight is 241 g/mol. The fourth-order valence-electron chi connectivity index (χ4n) is 2.35.